The highest BCUT2D eigenvalue weighted by molar-refractivity contribution is 5.92. The molecule has 0 aliphatic carbocycles. The van der Waals surface area contributed by atoms with E-state index in [1.165, 1.54) is 0 Å². The molecule has 2 rings (SSSR count). The Balaban J connectivity index is 2.11. The van der Waals surface area contributed by atoms with Gasteiger partial charge in [-0.05, 0) is 39.8 Å². The van der Waals surface area contributed by atoms with E-state index in [9.17, 15) is 4.79 Å². The molecule has 0 saturated carbocycles. The van der Waals surface area contributed by atoms with Crippen molar-refractivity contribution in [1.29, 1.82) is 0 Å². The SMILES string of the molecule is COCCN(C(=O)c1cc(Cn2nc(C)cc2C)[nH]n1)C(C)C. The van der Waals surface area contributed by atoms with Crippen molar-refractivity contribution >= 4 is 5.91 Å². The number of aromatic nitrogens is 4. The third-order valence-corrected chi connectivity index (χ3v) is 3.69. The third-order valence-electron chi connectivity index (χ3n) is 3.69. The van der Waals surface area contributed by atoms with Crippen molar-refractivity contribution in [2.75, 3.05) is 20.3 Å². The molecule has 0 bridgehead atoms. The van der Waals surface area contributed by atoms with Crippen molar-refractivity contribution in [1.82, 2.24) is 24.9 Å². The zero-order chi connectivity index (χ0) is 17.0. The van der Waals surface area contributed by atoms with Crippen LogP contribution in [0.5, 0.6) is 0 Å². The lowest BCUT2D eigenvalue weighted by Gasteiger charge is -2.25. The van der Waals surface area contributed by atoms with Gasteiger partial charge < -0.3 is 9.64 Å². The number of carbonyl (C=O) groups excluding carboxylic acids is 1. The lowest BCUT2D eigenvalue weighted by atomic mass is 10.2. The van der Waals surface area contributed by atoms with Gasteiger partial charge in [0.05, 0.1) is 24.5 Å². The molecule has 1 amide bonds. The molecule has 0 unspecified atom stereocenters. The Morgan fingerprint density at radius 3 is 2.70 bits per heavy atom. The van der Waals surface area contributed by atoms with Crippen LogP contribution in [0.3, 0.4) is 0 Å². The highest BCUT2D eigenvalue weighted by Crippen LogP contribution is 2.10. The van der Waals surface area contributed by atoms with Crippen molar-refractivity contribution in [3.05, 3.63) is 34.9 Å². The number of amides is 1. The number of nitrogens with zero attached hydrogens (tertiary/aromatic N) is 4. The monoisotopic (exact) mass is 319 g/mol. The number of hydrogen-bond donors (Lipinski definition) is 1. The lowest BCUT2D eigenvalue weighted by molar-refractivity contribution is 0.0629. The van der Waals surface area contributed by atoms with Gasteiger partial charge in [0.15, 0.2) is 0 Å². The zero-order valence-corrected chi connectivity index (χ0v) is 14.5. The first-order valence-electron chi connectivity index (χ1n) is 7.77. The van der Waals surface area contributed by atoms with E-state index in [4.69, 9.17) is 4.74 Å². The third kappa shape index (κ3) is 4.19. The minimum absolute atomic E-state index is 0.0899. The van der Waals surface area contributed by atoms with Gasteiger partial charge in [0.1, 0.15) is 5.69 Å². The van der Waals surface area contributed by atoms with E-state index in [1.54, 1.807) is 18.1 Å². The highest BCUT2D eigenvalue weighted by atomic mass is 16.5. The van der Waals surface area contributed by atoms with Crippen LogP contribution in [-0.4, -0.2) is 57.1 Å². The van der Waals surface area contributed by atoms with Crippen molar-refractivity contribution in [2.45, 2.75) is 40.3 Å². The van der Waals surface area contributed by atoms with E-state index in [2.05, 4.69) is 15.3 Å². The molecule has 2 aromatic heterocycles. The molecule has 7 nitrogen and oxygen atoms in total. The first-order valence-corrected chi connectivity index (χ1v) is 7.77. The van der Waals surface area contributed by atoms with Crippen LogP contribution < -0.4 is 0 Å². The number of H-pyrrole nitrogens is 1. The van der Waals surface area contributed by atoms with E-state index >= 15 is 0 Å². The summed E-state index contributed by atoms with van der Waals surface area (Å²) in [4.78, 5) is 14.4. The van der Waals surface area contributed by atoms with E-state index in [-0.39, 0.29) is 11.9 Å². The summed E-state index contributed by atoms with van der Waals surface area (Å²) < 4.78 is 6.97. The number of methoxy groups -OCH3 is 1. The molecule has 0 fully saturated rings. The second-order valence-electron chi connectivity index (χ2n) is 5.95. The second-order valence-corrected chi connectivity index (χ2v) is 5.95. The van der Waals surface area contributed by atoms with E-state index in [0.29, 0.717) is 25.4 Å². The number of carbonyl (C=O) groups is 1. The van der Waals surface area contributed by atoms with Crippen LogP contribution >= 0.6 is 0 Å². The summed E-state index contributed by atoms with van der Waals surface area (Å²) in [6.45, 7) is 9.56. The van der Waals surface area contributed by atoms with Crippen molar-refractivity contribution in [2.24, 2.45) is 0 Å². The van der Waals surface area contributed by atoms with E-state index in [1.807, 2.05) is 38.4 Å². The smallest absolute Gasteiger partial charge is 0.274 e. The van der Waals surface area contributed by atoms with Gasteiger partial charge in [-0.3, -0.25) is 14.6 Å². The number of hydrogen-bond acceptors (Lipinski definition) is 4. The molecule has 0 saturated heterocycles. The average Bonchev–Trinajstić information content (AvgIpc) is 3.06. The molecule has 0 spiro atoms. The Bertz CT molecular complexity index is 659. The Morgan fingerprint density at radius 2 is 2.13 bits per heavy atom. The summed E-state index contributed by atoms with van der Waals surface area (Å²) in [6, 6.07) is 3.91. The van der Waals surface area contributed by atoms with E-state index in [0.717, 1.165) is 17.1 Å². The fraction of sp³-hybridized carbons (Fsp3) is 0.562. The molecule has 1 N–H and O–H groups in total. The van der Waals surface area contributed by atoms with Gasteiger partial charge in [0.25, 0.3) is 5.91 Å². The maximum Gasteiger partial charge on any atom is 0.274 e. The summed E-state index contributed by atoms with van der Waals surface area (Å²) in [5.74, 6) is -0.0899. The maximum atomic E-state index is 12.6. The first-order chi connectivity index (χ1) is 10.9. The van der Waals surface area contributed by atoms with Gasteiger partial charge in [-0.25, -0.2) is 0 Å². The Kier molecular flexibility index (Phi) is 5.54. The molecule has 0 aliphatic heterocycles. The van der Waals surface area contributed by atoms with Gasteiger partial charge in [0.2, 0.25) is 0 Å². The summed E-state index contributed by atoms with van der Waals surface area (Å²) in [5.41, 5.74) is 3.33. The quantitative estimate of drug-likeness (QED) is 0.844. The van der Waals surface area contributed by atoms with Crippen molar-refractivity contribution < 1.29 is 9.53 Å². The molecule has 7 heteroatoms. The van der Waals surface area contributed by atoms with Crippen LogP contribution in [0.1, 0.15) is 41.4 Å². The highest BCUT2D eigenvalue weighted by Gasteiger charge is 2.21. The van der Waals surface area contributed by atoms with Crippen LogP contribution in [-0.2, 0) is 11.3 Å². The number of nitrogens with one attached hydrogen (secondary N) is 1. The van der Waals surface area contributed by atoms with Crippen LogP contribution in [0.4, 0.5) is 0 Å². The largest absolute Gasteiger partial charge is 0.383 e. The van der Waals surface area contributed by atoms with Crippen LogP contribution in [0, 0.1) is 13.8 Å². The molecule has 2 heterocycles. The summed E-state index contributed by atoms with van der Waals surface area (Å²) in [7, 11) is 1.63. The molecule has 23 heavy (non-hydrogen) atoms. The van der Waals surface area contributed by atoms with Crippen molar-refractivity contribution in [3.8, 4) is 0 Å². The predicted molar refractivity (Wildman–Crippen MR) is 87.4 cm³/mol. The fourth-order valence-electron chi connectivity index (χ4n) is 2.48. The normalized spacial score (nSPS) is 11.2. The fourth-order valence-corrected chi connectivity index (χ4v) is 2.48. The van der Waals surface area contributed by atoms with Gasteiger partial charge in [-0.15, -0.1) is 0 Å². The Morgan fingerprint density at radius 1 is 1.39 bits per heavy atom. The summed E-state index contributed by atoms with van der Waals surface area (Å²) in [6.07, 6.45) is 0. The maximum absolute atomic E-state index is 12.6. The minimum atomic E-state index is -0.0899. The molecule has 0 aromatic carbocycles. The second kappa shape index (κ2) is 7.41. The van der Waals surface area contributed by atoms with Gasteiger partial charge in [-0.2, -0.15) is 10.2 Å². The average molecular weight is 319 g/mol. The number of aryl methyl sites for hydroxylation is 2. The summed E-state index contributed by atoms with van der Waals surface area (Å²) in [5, 5.41) is 11.5. The molecule has 0 radical (unpaired) electrons. The first kappa shape index (κ1) is 17.2. The number of aromatic amines is 1. The molecule has 0 atom stereocenters. The molecular formula is C16H25N5O2. The minimum Gasteiger partial charge on any atom is -0.383 e. The van der Waals surface area contributed by atoms with E-state index < -0.39 is 0 Å². The van der Waals surface area contributed by atoms with Crippen LogP contribution in [0.15, 0.2) is 12.1 Å². The zero-order valence-electron chi connectivity index (χ0n) is 14.5. The van der Waals surface area contributed by atoms with Gasteiger partial charge in [-0.1, -0.05) is 0 Å². The summed E-state index contributed by atoms with van der Waals surface area (Å²) >= 11 is 0. The van der Waals surface area contributed by atoms with Gasteiger partial charge in [0, 0.05) is 25.4 Å². The molecule has 0 aliphatic rings. The number of rotatable bonds is 7. The molecule has 2 aromatic rings. The Hall–Kier alpha value is -2.15. The number of ether oxygens (including phenoxy) is 1. The molecule has 126 valence electrons. The van der Waals surface area contributed by atoms with Crippen LogP contribution in [0.25, 0.3) is 0 Å². The standard InChI is InChI=1S/C16H25N5O2/c1-11(2)20(6-7-23-5)16(22)15-9-14(17-18-15)10-21-13(4)8-12(3)19-21/h8-9,11H,6-7,10H2,1-5H3,(H,17,18). The van der Waals surface area contributed by atoms with Crippen LogP contribution in [0.2, 0.25) is 0 Å². The van der Waals surface area contributed by atoms with Gasteiger partial charge >= 0.3 is 0 Å². The lowest BCUT2D eigenvalue weighted by Crippen LogP contribution is -2.39. The topological polar surface area (TPSA) is 76.0 Å². The Labute approximate surface area is 136 Å². The predicted octanol–water partition coefficient (Wildman–Crippen LogP) is 1.77. The molecular weight excluding hydrogens is 294 g/mol. The van der Waals surface area contributed by atoms with Crippen molar-refractivity contribution in [3.63, 3.8) is 0 Å².